The van der Waals surface area contributed by atoms with Crippen molar-refractivity contribution in [3.05, 3.63) is 68.0 Å². The second-order valence-electron chi connectivity index (χ2n) is 8.98. The first-order valence-corrected chi connectivity index (χ1v) is 14.2. The molecule has 3 rings (SSSR count). The van der Waals surface area contributed by atoms with E-state index in [1.165, 1.54) is 36.5 Å². The molecule has 0 aliphatic carbocycles. The number of anilines is 1. The summed E-state index contributed by atoms with van der Waals surface area (Å²) in [6, 6.07) is 8.78. The van der Waals surface area contributed by atoms with Crippen LogP contribution >= 0.6 is 34.5 Å². The van der Waals surface area contributed by atoms with Crippen molar-refractivity contribution in [2.45, 2.75) is 40.0 Å². The Morgan fingerprint density at radius 1 is 1.18 bits per heavy atom. The van der Waals surface area contributed by atoms with E-state index in [1.54, 1.807) is 7.11 Å². The predicted molar refractivity (Wildman–Crippen MR) is 158 cm³/mol. The van der Waals surface area contributed by atoms with E-state index in [0.717, 1.165) is 36.3 Å². The number of carboxylic acid groups (broad SMARTS) is 1. The normalized spacial score (nSPS) is 11.6. The smallest absolute Gasteiger partial charge is 0.331 e. The molecule has 1 heterocycles. The molecule has 0 atom stereocenters. The van der Waals surface area contributed by atoms with E-state index < -0.39 is 11.9 Å². The van der Waals surface area contributed by atoms with Gasteiger partial charge in [-0.1, -0.05) is 62.0 Å². The molecule has 0 saturated heterocycles. The first-order chi connectivity index (χ1) is 18.7. The summed E-state index contributed by atoms with van der Waals surface area (Å²) in [7, 11) is 1.63. The number of methoxy groups -OCH3 is 1. The standard InChI is InChI=1S/C29H32Cl2N2O5S/c1-5-18(6-2)15-38-11-10-19-8-7-9-21(26(19)37-4)25-16-39-29(32-25)33-27(34)20-13-23(30)22(24(31)14-20)12-17(3)28(35)36/h7-9,12-14,16,18H,5-6,10-11,15H2,1-4H3,(H,35,36)(H,32,33,34)/b17-12+. The van der Waals surface area contributed by atoms with Gasteiger partial charge < -0.3 is 14.6 Å². The van der Waals surface area contributed by atoms with Crippen LogP contribution < -0.4 is 10.1 Å². The van der Waals surface area contributed by atoms with Crippen LogP contribution in [0.5, 0.6) is 5.75 Å². The van der Waals surface area contributed by atoms with E-state index >= 15 is 0 Å². The maximum Gasteiger partial charge on any atom is 0.331 e. The quantitative estimate of drug-likeness (QED) is 0.155. The van der Waals surface area contributed by atoms with Gasteiger partial charge in [0.05, 0.1) is 29.5 Å². The Morgan fingerprint density at radius 2 is 1.87 bits per heavy atom. The highest BCUT2D eigenvalue weighted by Gasteiger charge is 2.17. The molecule has 39 heavy (non-hydrogen) atoms. The van der Waals surface area contributed by atoms with Gasteiger partial charge in [0.25, 0.3) is 5.91 Å². The molecule has 0 aliphatic heterocycles. The van der Waals surface area contributed by atoms with Gasteiger partial charge in [0.15, 0.2) is 5.13 Å². The average molecular weight is 592 g/mol. The van der Waals surface area contributed by atoms with Gasteiger partial charge in [0.2, 0.25) is 0 Å². The van der Waals surface area contributed by atoms with Crippen molar-refractivity contribution in [2.75, 3.05) is 25.6 Å². The number of halogens is 2. The summed E-state index contributed by atoms with van der Waals surface area (Å²) in [4.78, 5) is 28.6. The molecule has 0 spiro atoms. The molecule has 208 valence electrons. The van der Waals surface area contributed by atoms with Crippen molar-refractivity contribution in [1.82, 2.24) is 4.98 Å². The largest absolute Gasteiger partial charge is 0.496 e. The van der Waals surface area contributed by atoms with Crippen LogP contribution in [0.1, 0.15) is 55.1 Å². The SMILES string of the molecule is CCC(CC)COCCc1cccc(-c2csc(NC(=O)c3cc(Cl)c(/C=C(\C)C(=O)O)c(Cl)c3)n2)c1OC. The van der Waals surface area contributed by atoms with Crippen LogP contribution in [0.15, 0.2) is 41.3 Å². The zero-order valence-corrected chi connectivity index (χ0v) is 24.7. The third kappa shape index (κ3) is 8.05. The zero-order chi connectivity index (χ0) is 28.5. The zero-order valence-electron chi connectivity index (χ0n) is 22.3. The number of benzene rings is 2. The minimum atomic E-state index is -1.09. The fourth-order valence-corrected chi connectivity index (χ4v) is 5.24. The molecule has 0 radical (unpaired) electrons. The number of carboxylic acids is 1. The van der Waals surface area contributed by atoms with E-state index in [1.807, 2.05) is 23.6 Å². The maximum absolute atomic E-state index is 12.9. The topological polar surface area (TPSA) is 97.8 Å². The first-order valence-electron chi connectivity index (χ1n) is 12.6. The minimum absolute atomic E-state index is 0.0694. The number of thiazole rings is 1. The van der Waals surface area contributed by atoms with Crippen molar-refractivity contribution in [3.63, 3.8) is 0 Å². The van der Waals surface area contributed by atoms with Gasteiger partial charge in [-0.3, -0.25) is 10.1 Å². The average Bonchev–Trinajstić information content (AvgIpc) is 3.38. The van der Waals surface area contributed by atoms with E-state index in [2.05, 4.69) is 24.1 Å². The highest BCUT2D eigenvalue weighted by atomic mass is 35.5. The van der Waals surface area contributed by atoms with Crippen LogP contribution in [0.2, 0.25) is 10.0 Å². The minimum Gasteiger partial charge on any atom is -0.496 e. The fraction of sp³-hybridized carbons (Fsp3) is 0.345. The number of nitrogens with one attached hydrogen (secondary N) is 1. The number of carbonyl (C=O) groups excluding carboxylic acids is 1. The number of para-hydroxylation sites is 1. The molecule has 0 unspecified atom stereocenters. The second-order valence-corrected chi connectivity index (χ2v) is 10.7. The Kier molecular flexibility index (Phi) is 11.4. The number of hydrogen-bond donors (Lipinski definition) is 2. The number of aromatic nitrogens is 1. The van der Waals surface area contributed by atoms with Crippen LogP contribution in [0.4, 0.5) is 5.13 Å². The van der Waals surface area contributed by atoms with Crippen molar-refractivity contribution >= 4 is 57.6 Å². The molecule has 0 fully saturated rings. The fourth-order valence-electron chi connectivity index (χ4n) is 3.94. The number of hydrogen-bond acceptors (Lipinski definition) is 6. The predicted octanol–water partition coefficient (Wildman–Crippen LogP) is 7.86. The van der Waals surface area contributed by atoms with Crippen molar-refractivity contribution in [1.29, 1.82) is 0 Å². The summed E-state index contributed by atoms with van der Waals surface area (Å²) < 4.78 is 11.6. The van der Waals surface area contributed by atoms with Crippen molar-refractivity contribution < 1.29 is 24.2 Å². The summed E-state index contributed by atoms with van der Waals surface area (Å²) in [5, 5.41) is 14.5. The second kappa shape index (κ2) is 14.5. The number of carbonyl (C=O) groups is 2. The lowest BCUT2D eigenvalue weighted by Gasteiger charge is -2.15. The van der Waals surface area contributed by atoms with Crippen LogP contribution in [0.3, 0.4) is 0 Å². The number of nitrogens with zero attached hydrogens (tertiary/aromatic N) is 1. The third-order valence-electron chi connectivity index (χ3n) is 6.36. The Bertz CT molecular complexity index is 1330. The lowest BCUT2D eigenvalue weighted by molar-refractivity contribution is -0.132. The van der Waals surface area contributed by atoms with Crippen molar-refractivity contribution in [3.8, 4) is 17.0 Å². The molecule has 3 aromatic rings. The van der Waals surface area contributed by atoms with Gasteiger partial charge in [-0.2, -0.15) is 0 Å². The molecule has 0 saturated carbocycles. The van der Waals surface area contributed by atoms with E-state index in [4.69, 9.17) is 37.8 Å². The number of ether oxygens (including phenoxy) is 2. The monoisotopic (exact) mass is 590 g/mol. The molecule has 10 heteroatoms. The summed E-state index contributed by atoms with van der Waals surface area (Å²) in [5.74, 6) is -0.230. The van der Waals surface area contributed by atoms with E-state index in [9.17, 15) is 9.59 Å². The number of aliphatic carboxylic acids is 1. The highest BCUT2D eigenvalue weighted by Crippen LogP contribution is 2.35. The third-order valence-corrected chi connectivity index (χ3v) is 7.75. The Labute approximate surface area is 242 Å². The molecule has 1 aromatic heterocycles. The molecule has 1 amide bonds. The summed E-state index contributed by atoms with van der Waals surface area (Å²) in [6.45, 7) is 7.14. The number of rotatable bonds is 13. The molecule has 0 aliphatic rings. The van der Waals surface area contributed by atoms with Gasteiger partial charge in [-0.05, 0) is 49.1 Å². The molecular formula is C29H32Cl2N2O5S. The van der Waals surface area contributed by atoms with Gasteiger partial charge >= 0.3 is 5.97 Å². The van der Waals surface area contributed by atoms with E-state index in [0.29, 0.717) is 35.3 Å². The number of amides is 1. The molecule has 7 nitrogen and oxygen atoms in total. The molecule has 2 aromatic carbocycles. The van der Waals surface area contributed by atoms with Gasteiger partial charge in [0.1, 0.15) is 5.75 Å². The molecule has 2 N–H and O–H groups in total. The Balaban J connectivity index is 1.74. The van der Waals surface area contributed by atoms with Crippen LogP contribution in [0.25, 0.3) is 17.3 Å². The van der Waals surface area contributed by atoms with Crippen LogP contribution in [-0.2, 0) is 16.0 Å². The van der Waals surface area contributed by atoms with Crippen LogP contribution in [-0.4, -0.2) is 42.3 Å². The molecule has 0 bridgehead atoms. The van der Waals surface area contributed by atoms with Crippen LogP contribution in [0, 0.1) is 5.92 Å². The highest BCUT2D eigenvalue weighted by molar-refractivity contribution is 7.14. The molecular weight excluding hydrogens is 559 g/mol. The van der Waals surface area contributed by atoms with Gasteiger partial charge in [0, 0.05) is 34.3 Å². The van der Waals surface area contributed by atoms with E-state index in [-0.39, 0.29) is 21.2 Å². The van der Waals surface area contributed by atoms with Crippen molar-refractivity contribution in [2.24, 2.45) is 5.92 Å². The Morgan fingerprint density at radius 3 is 2.49 bits per heavy atom. The summed E-state index contributed by atoms with van der Waals surface area (Å²) in [6.07, 6.45) is 4.28. The van der Waals surface area contributed by atoms with Gasteiger partial charge in [-0.25, -0.2) is 9.78 Å². The Hall–Kier alpha value is -2.91. The first kappa shape index (κ1) is 30.6. The van der Waals surface area contributed by atoms with Gasteiger partial charge in [-0.15, -0.1) is 11.3 Å². The maximum atomic E-state index is 12.9. The summed E-state index contributed by atoms with van der Waals surface area (Å²) >= 11 is 13.9. The lowest BCUT2D eigenvalue weighted by atomic mass is 10.0. The summed E-state index contributed by atoms with van der Waals surface area (Å²) in [5.41, 5.74) is 3.14. The lowest BCUT2D eigenvalue weighted by Crippen LogP contribution is -2.12.